The number of aromatic nitrogens is 1. The summed E-state index contributed by atoms with van der Waals surface area (Å²) in [5.41, 5.74) is 1.13. The molecule has 0 fully saturated rings. The summed E-state index contributed by atoms with van der Waals surface area (Å²) in [4.78, 5) is 4.33. The molecule has 0 unspecified atom stereocenters. The van der Waals surface area contributed by atoms with Gasteiger partial charge in [0.2, 0.25) is 0 Å². The topological polar surface area (TPSA) is 24.9 Å². The van der Waals surface area contributed by atoms with E-state index in [-0.39, 0.29) is 0 Å². The second kappa shape index (κ2) is 7.71. The van der Waals surface area contributed by atoms with Crippen LogP contribution in [0.3, 0.4) is 0 Å². The van der Waals surface area contributed by atoms with Gasteiger partial charge in [-0.2, -0.15) is 11.8 Å². The summed E-state index contributed by atoms with van der Waals surface area (Å²) in [5.74, 6) is 1.26. The van der Waals surface area contributed by atoms with E-state index in [1.54, 1.807) is 0 Å². The maximum atomic E-state index is 4.33. The molecule has 0 aromatic carbocycles. The Morgan fingerprint density at radius 2 is 2.27 bits per heavy atom. The Morgan fingerprint density at radius 3 is 2.93 bits per heavy atom. The zero-order valence-corrected chi connectivity index (χ0v) is 10.4. The van der Waals surface area contributed by atoms with E-state index in [1.165, 1.54) is 18.6 Å². The van der Waals surface area contributed by atoms with Gasteiger partial charge in [0.1, 0.15) is 0 Å². The molecule has 1 aromatic rings. The standard InChI is InChI=1S/C12H20N2S/c1-11(12-7-3-4-9-14-12)13-8-5-6-10-15-2/h3-4,7,9,11,13H,5-6,8,10H2,1-2H3/t11-/m0/s1. The lowest BCUT2D eigenvalue weighted by atomic mass is 10.2. The summed E-state index contributed by atoms with van der Waals surface area (Å²) < 4.78 is 0. The average Bonchev–Trinajstić information content (AvgIpc) is 2.30. The Morgan fingerprint density at radius 1 is 1.40 bits per heavy atom. The molecule has 1 atom stereocenters. The van der Waals surface area contributed by atoms with E-state index < -0.39 is 0 Å². The number of nitrogens with one attached hydrogen (secondary N) is 1. The molecule has 2 nitrogen and oxygen atoms in total. The minimum absolute atomic E-state index is 0.362. The van der Waals surface area contributed by atoms with E-state index >= 15 is 0 Å². The van der Waals surface area contributed by atoms with Crippen molar-refractivity contribution in [2.24, 2.45) is 0 Å². The van der Waals surface area contributed by atoms with E-state index in [4.69, 9.17) is 0 Å². The van der Waals surface area contributed by atoms with Crippen LogP contribution in [0.25, 0.3) is 0 Å². The highest BCUT2D eigenvalue weighted by Crippen LogP contribution is 2.07. The second-order valence-corrected chi connectivity index (χ2v) is 4.62. The van der Waals surface area contributed by atoms with Gasteiger partial charge in [0, 0.05) is 12.2 Å². The Kier molecular flexibility index (Phi) is 6.44. The van der Waals surface area contributed by atoms with Crippen LogP contribution in [0.1, 0.15) is 31.5 Å². The molecule has 0 saturated heterocycles. The molecule has 0 spiro atoms. The highest BCUT2D eigenvalue weighted by molar-refractivity contribution is 7.98. The Balaban J connectivity index is 2.16. The van der Waals surface area contributed by atoms with Gasteiger partial charge < -0.3 is 5.32 Å². The molecule has 15 heavy (non-hydrogen) atoms. The largest absolute Gasteiger partial charge is 0.309 e. The molecule has 1 heterocycles. The third-order valence-corrected chi connectivity index (χ3v) is 3.05. The van der Waals surface area contributed by atoms with Gasteiger partial charge in [-0.05, 0) is 50.5 Å². The normalized spacial score (nSPS) is 12.7. The van der Waals surface area contributed by atoms with Gasteiger partial charge in [0.25, 0.3) is 0 Å². The number of rotatable bonds is 7. The molecule has 1 aromatic heterocycles. The van der Waals surface area contributed by atoms with Gasteiger partial charge in [-0.25, -0.2) is 0 Å². The van der Waals surface area contributed by atoms with E-state index in [0.717, 1.165) is 12.2 Å². The van der Waals surface area contributed by atoms with Crippen LogP contribution in [0.2, 0.25) is 0 Å². The van der Waals surface area contributed by atoms with E-state index in [1.807, 2.05) is 30.1 Å². The second-order valence-electron chi connectivity index (χ2n) is 3.63. The SMILES string of the molecule is CSCCCCN[C@@H](C)c1ccccn1. The highest BCUT2D eigenvalue weighted by atomic mass is 32.2. The first-order valence-corrected chi connectivity index (χ1v) is 6.87. The van der Waals surface area contributed by atoms with Crippen molar-refractivity contribution in [1.29, 1.82) is 0 Å². The fourth-order valence-corrected chi connectivity index (χ4v) is 1.92. The fourth-order valence-electron chi connectivity index (χ4n) is 1.43. The molecule has 0 aliphatic heterocycles. The van der Waals surface area contributed by atoms with Crippen LogP contribution in [-0.4, -0.2) is 23.5 Å². The number of hydrogen-bond acceptors (Lipinski definition) is 3. The zero-order valence-electron chi connectivity index (χ0n) is 9.57. The fraction of sp³-hybridized carbons (Fsp3) is 0.583. The zero-order chi connectivity index (χ0) is 10.9. The molecule has 0 amide bonds. The van der Waals surface area contributed by atoms with Crippen molar-refractivity contribution in [3.63, 3.8) is 0 Å². The van der Waals surface area contributed by atoms with E-state index in [0.29, 0.717) is 6.04 Å². The van der Waals surface area contributed by atoms with Crippen LogP contribution >= 0.6 is 11.8 Å². The highest BCUT2D eigenvalue weighted by Gasteiger charge is 2.03. The number of thioether (sulfide) groups is 1. The van der Waals surface area contributed by atoms with Crippen LogP contribution in [0.4, 0.5) is 0 Å². The first-order chi connectivity index (χ1) is 7.34. The van der Waals surface area contributed by atoms with Crippen molar-refractivity contribution in [3.8, 4) is 0 Å². The van der Waals surface area contributed by atoms with E-state index in [9.17, 15) is 0 Å². The maximum Gasteiger partial charge on any atom is 0.0570 e. The minimum atomic E-state index is 0.362. The average molecular weight is 224 g/mol. The monoisotopic (exact) mass is 224 g/mol. The van der Waals surface area contributed by atoms with Crippen molar-refractivity contribution in [3.05, 3.63) is 30.1 Å². The van der Waals surface area contributed by atoms with Gasteiger partial charge in [-0.1, -0.05) is 6.07 Å². The molecule has 84 valence electrons. The summed E-state index contributed by atoms with van der Waals surface area (Å²) in [5, 5.41) is 3.49. The predicted molar refractivity (Wildman–Crippen MR) is 68.3 cm³/mol. The lowest BCUT2D eigenvalue weighted by Gasteiger charge is -2.12. The predicted octanol–water partition coefficient (Wildman–Crippen LogP) is 2.88. The summed E-state index contributed by atoms with van der Waals surface area (Å²) in [6.45, 7) is 3.25. The van der Waals surface area contributed by atoms with Crippen molar-refractivity contribution < 1.29 is 0 Å². The molecule has 3 heteroatoms. The number of hydrogen-bond donors (Lipinski definition) is 1. The molecule has 1 rings (SSSR count). The maximum absolute atomic E-state index is 4.33. The molecule has 0 saturated carbocycles. The van der Waals surface area contributed by atoms with Crippen LogP contribution in [-0.2, 0) is 0 Å². The lowest BCUT2D eigenvalue weighted by molar-refractivity contribution is 0.545. The molecule has 0 aliphatic rings. The Labute approximate surface area is 96.9 Å². The van der Waals surface area contributed by atoms with E-state index in [2.05, 4.69) is 29.5 Å². The number of unbranched alkanes of at least 4 members (excludes halogenated alkanes) is 1. The van der Waals surface area contributed by atoms with Gasteiger partial charge in [0.15, 0.2) is 0 Å². The van der Waals surface area contributed by atoms with Gasteiger partial charge in [0.05, 0.1) is 5.69 Å². The number of pyridine rings is 1. The number of nitrogens with zero attached hydrogens (tertiary/aromatic N) is 1. The Hall–Kier alpha value is -0.540. The molecular formula is C12H20N2S. The van der Waals surface area contributed by atoms with Crippen LogP contribution < -0.4 is 5.32 Å². The third-order valence-electron chi connectivity index (χ3n) is 2.36. The quantitative estimate of drug-likeness (QED) is 0.721. The van der Waals surface area contributed by atoms with Crippen molar-refractivity contribution in [1.82, 2.24) is 10.3 Å². The Bertz CT molecular complexity index is 251. The summed E-state index contributed by atoms with van der Waals surface area (Å²) in [6, 6.07) is 6.42. The van der Waals surface area contributed by atoms with Gasteiger partial charge in [-0.3, -0.25) is 4.98 Å². The van der Waals surface area contributed by atoms with Crippen molar-refractivity contribution in [2.45, 2.75) is 25.8 Å². The summed E-state index contributed by atoms with van der Waals surface area (Å²) >= 11 is 1.92. The third kappa shape index (κ3) is 5.19. The lowest BCUT2D eigenvalue weighted by Crippen LogP contribution is -2.20. The van der Waals surface area contributed by atoms with Gasteiger partial charge >= 0.3 is 0 Å². The first-order valence-electron chi connectivity index (χ1n) is 5.48. The molecule has 0 radical (unpaired) electrons. The molecule has 0 bridgehead atoms. The smallest absolute Gasteiger partial charge is 0.0570 e. The molecule has 0 aliphatic carbocycles. The minimum Gasteiger partial charge on any atom is -0.309 e. The van der Waals surface area contributed by atoms with Crippen LogP contribution in [0.5, 0.6) is 0 Å². The van der Waals surface area contributed by atoms with Crippen LogP contribution in [0, 0.1) is 0 Å². The summed E-state index contributed by atoms with van der Waals surface area (Å²) in [6.07, 6.45) is 6.55. The van der Waals surface area contributed by atoms with Crippen molar-refractivity contribution in [2.75, 3.05) is 18.6 Å². The molecular weight excluding hydrogens is 204 g/mol. The van der Waals surface area contributed by atoms with Crippen molar-refractivity contribution >= 4 is 11.8 Å². The van der Waals surface area contributed by atoms with Crippen LogP contribution in [0.15, 0.2) is 24.4 Å². The van der Waals surface area contributed by atoms with Gasteiger partial charge in [-0.15, -0.1) is 0 Å². The molecule has 1 N–H and O–H groups in total. The first kappa shape index (κ1) is 12.5. The summed E-state index contributed by atoms with van der Waals surface area (Å²) in [7, 11) is 0.